The molecular formula is C13H8BrN3O3. The minimum absolute atomic E-state index is 0.0389. The number of hydrogen-bond acceptors (Lipinski definition) is 5. The second kappa shape index (κ2) is 4.93. The molecule has 1 heterocycles. The van der Waals surface area contributed by atoms with Crippen LogP contribution in [0.2, 0.25) is 0 Å². The number of benzene rings is 2. The van der Waals surface area contributed by atoms with Gasteiger partial charge in [0, 0.05) is 22.3 Å². The molecule has 1 aromatic heterocycles. The van der Waals surface area contributed by atoms with Crippen LogP contribution < -0.4 is 5.32 Å². The van der Waals surface area contributed by atoms with Gasteiger partial charge in [-0.3, -0.25) is 10.1 Å². The predicted octanol–water partition coefficient (Wildman–Crippen LogP) is 4.24. The zero-order valence-corrected chi connectivity index (χ0v) is 11.6. The number of hydrogen-bond donors (Lipinski definition) is 1. The molecule has 0 aliphatic carbocycles. The third-order valence-electron chi connectivity index (χ3n) is 2.68. The standard InChI is InChI=1S/C13H8BrN3O3/c14-8-1-6-11-12(7-8)20-13(16-11)15-9-2-4-10(5-3-9)17(18)19/h1-7H,(H,15,16). The van der Waals surface area contributed by atoms with Gasteiger partial charge in [-0.15, -0.1) is 0 Å². The van der Waals surface area contributed by atoms with E-state index in [0.717, 1.165) is 9.99 Å². The maximum Gasteiger partial charge on any atom is 0.300 e. The summed E-state index contributed by atoms with van der Waals surface area (Å²) >= 11 is 3.36. The van der Waals surface area contributed by atoms with Crippen molar-refractivity contribution in [3.8, 4) is 0 Å². The topological polar surface area (TPSA) is 81.2 Å². The molecule has 3 aromatic rings. The molecule has 0 aliphatic rings. The molecular weight excluding hydrogens is 326 g/mol. The Morgan fingerprint density at radius 3 is 2.65 bits per heavy atom. The van der Waals surface area contributed by atoms with Gasteiger partial charge in [0.05, 0.1) is 4.92 Å². The fourth-order valence-corrected chi connectivity index (χ4v) is 2.08. The first-order valence-corrected chi connectivity index (χ1v) is 6.49. The number of nitrogens with one attached hydrogen (secondary N) is 1. The number of fused-ring (bicyclic) bond motifs is 1. The zero-order valence-electron chi connectivity index (χ0n) is 10.0. The first-order valence-electron chi connectivity index (χ1n) is 5.69. The van der Waals surface area contributed by atoms with Crippen LogP contribution in [0.1, 0.15) is 0 Å². The molecule has 100 valence electrons. The molecule has 0 spiro atoms. The van der Waals surface area contributed by atoms with Gasteiger partial charge in [0.2, 0.25) is 0 Å². The van der Waals surface area contributed by atoms with E-state index in [-0.39, 0.29) is 5.69 Å². The van der Waals surface area contributed by atoms with Crippen molar-refractivity contribution in [2.24, 2.45) is 0 Å². The maximum absolute atomic E-state index is 10.6. The molecule has 0 amide bonds. The van der Waals surface area contributed by atoms with E-state index in [4.69, 9.17) is 4.42 Å². The number of nitro benzene ring substituents is 1. The number of anilines is 2. The number of rotatable bonds is 3. The summed E-state index contributed by atoms with van der Waals surface area (Å²) < 4.78 is 6.45. The largest absolute Gasteiger partial charge is 0.423 e. The quantitative estimate of drug-likeness (QED) is 0.572. The van der Waals surface area contributed by atoms with E-state index in [1.165, 1.54) is 12.1 Å². The highest BCUT2D eigenvalue weighted by Gasteiger charge is 2.08. The molecule has 0 atom stereocenters. The molecule has 2 aromatic carbocycles. The van der Waals surface area contributed by atoms with Gasteiger partial charge in [0.1, 0.15) is 5.52 Å². The van der Waals surface area contributed by atoms with Gasteiger partial charge >= 0.3 is 0 Å². The van der Waals surface area contributed by atoms with Crippen molar-refractivity contribution in [1.82, 2.24) is 4.98 Å². The number of nitrogens with zero attached hydrogens (tertiary/aromatic N) is 2. The van der Waals surface area contributed by atoms with Crippen molar-refractivity contribution in [2.75, 3.05) is 5.32 Å². The van der Waals surface area contributed by atoms with Crippen LogP contribution in [0, 0.1) is 10.1 Å². The molecule has 6 nitrogen and oxygen atoms in total. The Kier molecular flexibility index (Phi) is 3.11. The van der Waals surface area contributed by atoms with E-state index in [9.17, 15) is 10.1 Å². The molecule has 3 rings (SSSR count). The summed E-state index contributed by atoms with van der Waals surface area (Å²) in [5.74, 6) is 0. The average molecular weight is 334 g/mol. The summed E-state index contributed by atoms with van der Waals surface area (Å²) in [4.78, 5) is 14.4. The van der Waals surface area contributed by atoms with Crippen molar-refractivity contribution < 1.29 is 9.34 Å². The lowest BCUT2D eigenvalue weighted by molar-refractivity contribution is -0.384. The fraction of sp³-hybridized carbons (Fsp3) is 0. The molecule has 20 heavy (non-hydrogen) atoms. The molecule has 0 saturated heterocycles. The van der Waals surface area contributed by atoms with Crippen molar-refractivity contribution >= 4 is 44.4 Å². The molecule has 0 fully saturated rings. The van der Waals surface area contributed by atoms with Gasteiger partial charge in [-0.05, 0) is 30.3 Å². The maximum atomic E-state index is 10.6. The van der Waals surface area contributed by atoms with Crippen LogP contribution >= 0.6 is 15.9 Å². The van der Waals surface area contributed by atoms with E-state index < -0.39 is 4.92 Å². The smallest absolute Gasteiger partial charge is 0.300 e. The lowest BCUT2D eigenvalue weighted by atomic mass is 10.3. The van der Waals surface area contributed by atoms with Crippen LogP contribution in [-0.4, -0.2) is 9.91 Å². The Hall–Kier alpha value is -2.41. The van der Waals surface area contributed by atoms with Crippen molar-refractivity contribution in [2.45, 2.75) is 0 Å². The first kappa shape index (κ1) is 12.6. The highest BCUT2D eigenvalue weighted by atomic mass is 79.9. The second-order valence-corrected chi connectivity index (χ2v) is 4.98. The predicted molar refractivity (Wildman–Crippen MR) is 78.1 cm³/mol. The van der Waals surface area contributed by atoms with E-state index in [1.807, 2.05) is 18.2 Å². The molecule has 0 radical (unpaired) electrons. The minimum Gasteiger partial charge on any atom is -0.423 e. The summed E-state index contributed by atoms with van der Waals surface area (Å²) in [6.45, 7) is 0. The molecule has 0 saturated carbocycles. The van der Waals surface area contributed by atoms with E-state index in [1.54, 1.807) is 12.1 Å². The van der Waals surface area contributed by atoms with Crippen molar-refractivity contribution in [3.05, 3.63) is 57.1 Å². The summed E-state index contributed by atoms with van der Waals surface area (Å²) in [5, 5.41) is 13.5. The van der Waals surface area contributed by atoms with Crippen molar-refractivity contribution in [1.29, 1.82) is 0 Å². The third-order valence-corrected chi connectivity index (χ3v) is 3.17. The lowest BCUT2D eigenvalue weighted by Crippen LogP contribution is -1.91. The lowest BCUT2D eigenvalue weighted by Gasteiger charge is -2.00. The highest BCUT2D eigenvalue weighted by molar-refractivity contribution is 9.10. The van der Waals surface area contributed by atoms with Gasteiger partial charge < -0.3 is 9.73 Å². The van der Waals surface area contributed by atoms with Crippen LogP contribution in [0.3, 0.4) is 0 Å². The number of oxazole rings is 1. The zero-order chi connectivity index (χ0) is 14.1. The molecule has 1 N–H and O–H groups in total. The third kappa shape index (κ3) is 2.48. The van der Waals surface area contributed by atoms with Gasteiger partial charge in [0.25, 0.3) is 11.7 Å². The average Bonchev–Trinajstić information content (AvgIpc) is 2.80. The normalized spacial score (nSPS) is 10.7. The Morgan fingerprint density at radius 1 is 1.20 bits per heavy atom. The first-order chi connectivity index (χ1) is 9.61. The Balaban J connectivity index is 1.87. The van der Waals surface area contributed by atoms with Crippen LogP contribution in [0.5, 0.6) is 0 Å². The number of nitro groups is 1. The molecule has 0 unspecified atom stereocenters. The van der Waals surface area contributed by atoms with E-state index in [2.05, 4.69) is 26.2 Å². The van der Waals surface area contributed by atoms with Crippen molar-refractivity contribution in [3.63, 3.8) is 0 Å². The number of halogens is 1. The Bertz CT molecular complexity index is 783. The fourth-order valence-electron chi connectivity index (χ4n) is 1.74. The van der Waals surface area contributed by atoms with Gasteiger partial charge in [0.15, 0.2) is 5.58 Å². The van der Waals surface area contributed by atoms with E-state index >= 15 is 0 Å². The number of aromatic nitrogens is 1. The summed E-state index contributed by atoms with van der Waals surface area (Å²) in [6, 6.07) is 11.9. The Labute approximate surface area is 121 Å². The summed E-state index contributed by atoms with van der Waals surface area (Å²) in [5.41, 5.74) is 2.10. The molecule has 0 aliphatic heterocycles. The monoisotopic (exact) mass is 333 g/mol. The molecule has 0 bridgehead atoms. The van der Waals surface area contributed by atoms with Crippen LogP contribution in [0.25, 0.3) is 11.1 Å². The number of non-ortho nitro benzene ring substituents is 1. The van der Waals surface area contributed by atoms with Crippen LogP contribution in [0.15, 0.2) is 51.4 Å². The van der Waals surface area contributed by atoms with Gasteiger partial charge in [-0.1, -0.05) is 15.9 Å². The second-order valence-electron chi connectivity index (χ2n) is 4.06. The van der Waals surface area contributed by atoms with Gasteiger partial charge in [-0.25, -0.2) is 0 Å². The highest BCUT2D eigenvalue weighted by Crippen LogP contribution is 2.25. The summed E-state index contributed by atoms with van der Waals surface area (Å²) in [6.07, 6.45) is 0. The minimum atomic E-state index is -0.444. The van der Waals surface area contributed by atoms with Crippen LogP contribution in [-0.2, 0) is 0 Å². The van der Waals surface area contributed by atoms with Crippen LogP contribution in [0.4, 0.5) is 17.4 Å². The Morgan fingerprint density at radius 2 is 1.95 bits per heavy atom. The van der Waals surface area contributed by atoms with E-state index in [0.29, 0.717) is 17.3 Å². The summed E-state index contributed by atoms with van der Waals surface area (Å²) in [7, 11) is 0. The molecule has 7 heteroatoms. The SMILES string of the molecule is O=[N+]([O-])c1ccc(Nc2nc3ccc(Br)cc3o2)cc1. The van der Waals surface area contributed by atoms with Gasteiger partial charge in [-0.2, -0.15) is 4.98 Å².